The van der Waals surface area contributed by atoms with E-state index in [-0.39, 0.29) is 11.2 Å². The fourth-order valence-corrected chi connectivity index (χ4v) is 2.88. The number of hydrogen-bond acceptors (Lipinski definition) is 2. The molecular formula is C21H22N2O2. The Hall–Kier alpha value is -3.01. The van der Waals surface area contributed by atoms with Crippen molar-refractivity contribution in [2.24, 2.45) is 5.73 Å². The van der Waals surface area contributed by atoms with Gasteiger partial charge in [-0.25, -0.2) is 4.79 Å². The summed E-state index contributed by atoms with van der Waals surface area (Å²) in [6.45, 7) is 6.37. The highest BCUT2D eigenvalue weighted by Crippen LogP contribution is 2.32. The van der Waals surface area contributed by atoms with Crippen LogP contribution in [-0.2, 0) is 5.41 Å². The minimum atomic E-state index is -0.550. The molecule has 0 heterocycles. The number of nitrogens with zero attached hydrogens (tertiary/aromatic N) is 1. The van der Waals surface area contributed by atoms with E-state index in [1.54, 1.807) is 12.1 Å². The van der Waals surface area contributed by atoms with Crippen LogP contribution in [0.4, 0.5) is 16.2 Å². The molecule has 0 saturated heterocycles. The van der Waals surface area contributed by atoms with Crippen LogP contribution in [0.25, 0.3) is 10.8 Å². The smallest absolute Gasteiger partial charge is 0.323 e. The zero-order valence-corrected chi connectivity index (χ0v) is 14.7. The van der Waals surface area contributed by atoms with Gasteiger partial charge in [0, 0.05) is 0 Å². The zero-order chi connectivity index (χ0) is 18.2. The van der Waals surface area contributed by atoms with Crippen molar-refractivity contribution in [3.63, 3.8) is 0 Å². The van der Waals surface area contributed by atoms with Crippen molar-refractivity contribution in [2.45, 2.75) is 26.2 Å². The summed E-state index contributed by atoms with van der Waals surface area (Å²) in [6, 6.07) is 18.0. The Morgan fingerprint density at radius 3 is 2.28 bits per heavy atom. The molecule has 0 spiro atoms. The molecule has 3 N–H and O–H groups in total. The number of benzene rings is 3. The first-order valence-corrected chi connectivity index (χ1v) is 8.18. The molecule has 0 aliphatic carbocycles. The lowest BCUT2D eigenvalue weighted by Crippen LogP contribution is -2.31. The molecule has 0 fully saturated rings. The lowest BCUT2D eigenvalue weighted by Gasteiger charge is -2.25. The van der Waals surface area contributed by atoms with E-state index in [9.17, 15) is 9.90 Å². The number of phenolic OH excluding ortho intramolecular Hbond substituents is 1. The molecule has 0 aliphatic heterocycles. The molecule has 2 amide bonds. The average Bonchev–Trinajstić information content (AvgIpc) is 2.54. The van der Waals surface area contributed by atoms with Gasteiger partial charge in [0.25, 0.3) is 0 Å². The second-order valence-electron chi connectivity index (χ2n) is 7.19. The minimum Gasteiger partial charge on any atom is -0.508 e. The predicted molar refractivity (Wildman–Crippen MR) is 102 cm³/mol. The first-order valence-electron chi connectivity index (χ1n) is 8.18. The molecule has 3 aromatic carbocycles. The third-order valence-corrected chi connectivity index (χ3v) is 4.26. The Bertz CT molecular complexity index is 942. The summed E-state index contributed by atoms with van der Waals surface area (Å²) in [5, 5.41) is 11.5. The van der Waals surface area contributed by atoms with Gasteiger partial charge < -0.3 is 10.8 Å². The number of primary amides is 1. The van der Waals surface area contributed by atoms with Gasteiger partial charge in [0.05, 0.1) is 11.4 Å². The van der Waals surface area contributed by atoms with Gasteiger partial charge in [-0.2, -0.15) is 0 Å². The number of nitrogens with two attached hydrogens (primary N) is 1. The normalized spacial score (nSPS) is 11.5. The van der Waals surface area contributed by atoms with E-state index in [0.717, 1.165) is 22.0 Å². The summed E-state index contributed by atoms with van der Waals surface area (Å²) < 4.78 is 0. The molecule has 0 aliphatic rings. The molecule has 0 saturated carbocycles. The first-order chi connectivity index (χ1) is 11.8. The molecule has 0 bridgehead atoms. The van der Waals surface area contributed by atoms with Crippen molar-refractivity contribution in [2.75, 3.05) is 4.90 Å². The van der Waals surface area contributed by atoms with E-state index in [1.807, 2.05) is 48.5 Å². The van der Waals surface area contributed by atoms with Crippen LogP contribution in [0.3, 0.4) is 0 Å². The number of carbonyl (C=O) groups is 1. The fraction of sp³-hybridized carbons (Fsp3) is 0.190. The Kier molecular flexibility index (Phi) is 4.13. The number of urea groups is 1. The predicted octanol–water partition coefficient (Wildman–Crippen LogP) is 5.06. The molecule has 0 aromatic heterocycles. The average molecular weight is 334 g/mol. The Morgan fingerprint density at radius 2 is 1.60 bits per heavy atom. The highest BCUT2D eigenvalue weighted by atomic mass is 16.3. The third-order valence-electron chi connectivity index (χ3n) is 4.26. The molecule has 4 nitrogen and oxygen atoms in total. The standard InChI is InChI=1S/C21H22N2O2/c1-21(2,3)16-5-4-6-17(13-16)23(20(22)25)18-9-7-14-8-10-19(24)12-15(14)11-18/h4-13,24H,1-3H3,(H2,22,25). The van der Waals surface area contributed by atoms with E-state index >= 15 is 0 Å². The second-order valence-corrected chi connectivity index (χ2v) is 7.19. The van der Waals surface area contributed by atoms with Crippen LogP contribution in [0.2, 0.25) is 0 Å². The van der Waals surface area contributed by atoms with Crippen LogP contribution >= 0.6 is 0 Å². The highest BCUT2D eigenvalue weighted by molar-refractivity contribution is 6.00. The maximum absolute atomic E-state index is 12.2. The number of fused-ring (bicyclic) bond motifs is 1. The Morgan fingerprint density at radius 1 is 0.920 bits per heavy atom. The SMILES string of the molecule is CC(C)(C)c1cccc(N(C(N)=O)c2ccc3ccc(O)cc3c2)c1. The summed E-state index contributed by atoms with van der Waals surface area (Å²) in [5.41, 5.74) is 8.14. The van der Waals surface area contributed by atoms with Crippen LogP contribution < -0.4 is 10.6 Å². The minimum absolute atomic E-state index is 0.0332. The van der Waals surface area contributed by atoms with Crippen molar-refractivity contribution >= 4 is 28.2 Å². The van der Waals surface area contributed by atoms with Gasteiger partial charge in [-0.3, -0.25) is 4.90 Å². The summed E-state index contributed by atoms with van der Waals surface area (Å²) in [6.07, 6.45) is 0. The number of aromatic hydroxyl groups is 1. The fourth-order valence-electron chi connectivity index (χ4n) is 2.88. The number of carbonyl (C=O) groups excluding carboxylic acids is 1. The molecular weight excluding hydrogens is 312 g/mol. The summed E-state index contributed by atoms with van der Waals surface area (Å²) in [5.74, 6) is 0.185. The van der Waals surface area contributed by atoms with E-state index in [0.29, 0.717) is 5.69 Å². The van der Waals surface area contributed by atoms with Gasteiger partial charge in [0.1, 0.15) is 5.75 Å². The number of anilines is 2. The summed E-state index contributed by atoms with van der Waals surface area (Å²) >= 11 is 0. The molecule has 0 unspecified atom stereocenters. The van der Waals surface area contributed by atoms with Gasteiger partial charge in [-0.15, -0.1) is 0 Å². The van der Waals surface area contributed by atoms with E-state index in [1.165, 1.54) is 4.90 Å². The lowest BCUT2D eigenvalue weighted by atomic mass is 9.87. The van der Waals surface area contributed by atoms with Gasteiger partial charge in [-0.05, 0) is 58.1 Å². The van der Waals surface area contributed by atoms with Crippen LogP contribution in [0, 0.1) is 0 Å². The van der Waals surface area contributed by atoms with E-state index in [2.05, 4.69) is 20.8 Å². The van der Waals surface area contributed by atoms with Crippen LogP contribution in [-0.4, -0.2) is 11.1 Å². The van der Waals surface area contributed by atoms with Crippen molar-refractivity contribution in [1.29, 1.82) is 0 Å². The topological polar surface area (TPSA) is 66.6 Å². The quantitative estimate of drug-likeness (QED) is 0.688. The highest BCUT2D eigenvalue weighted by Gasteiger charge is 2.19. The van der Waals surface area contributed by atoms with Gasteiger partial charge in [-0.1, -0.05) is 45.0 Å². The summed E-state index contributed by atoms with van der Waals surface area (Å²) in [7, 11) is 0. The number of phenols is 1. The number of rotatable bonds is 2. The molecule has 3 rings (SSSR count). The van der Waals surface area contributed by atoms with Gasteiger partial charge in [0.2, 0.25) is 0 Å². The molecule has 128 valence electrons. The van der Waals surface area contributed by atoms with Crippen molar-refractivity contribution in [3.05, 3.63) is 66.2 Å². The third kappa shape index (κ3) is 3.43. The van der Waals surface area contributed by atoms with E-state index < -0.39 is 6.03 Å². The van der Waals surface area contributed by atoms with Crippen molar-refractivity contribution < 1.29 is 9.90 Å². The Labute approximate surface area is 147 Å². The monoisotopic (exact) mass is 334 g/mol. The number of hydrogen-bond donors (Lipinski definition) is 2. The molecule has 0 radical (unpaired) electrons. The zero-order valence-electron chi connectivity index (χ0n) is 14.7. The maximum Gasteiger partial charge on any atom is 0.323 e. The van der Waals surface area contributed by atoms with Crippen molar-refractivity contribution in [3.8, 4) is 5.75 Å². The van der Waals surface area contributed by atoms with Crippen LogP contribution in [0.5, 0.6) is 5.75 Å². The second kappa shape index (κ2) is 6.13. The first kappa shape index (κ1) is 16.8. The van der Waals surface area contributed by atoms with Gasteiger partial charge in [0.15, 0.2) is 0 Å². The molecule has 3 aromatic rings. The summed E-state index contributed by atoms with van der Waals surface area (Å²) in [4.78, 5) is 13.6. The van der Waals surface area contributed by atoms with Crippen LogP contribution in [0.15, 0.2) is 60.7 Å². The largest absolute Gasteiger partial charge is 0.508 e. The number of amides is 2. The maximum atomic E-state index is 12.2. The Balaban J connectivity index is 2.12. The molecule has 4 heteroatoms. The molecule has 25 heavy (non-hydrogen) atoms. The lowest BCUT2D eigenvalue weighted by molar-refractivity contribution is 0.256. The van der Waals surface area contributed by atoms with Crippen LogP contribution in [0.1, 0.15) is 26.3 Å². The van der Waals surface area contributed by atoms with Crippen molar-refractivity contribution in [1.82, 2.24) is 0 Å². The molecule has 0 atom stereocenters. The van der Waals surface area contributed by atoms with Gasteiger partial charge >= 0.3 is 6.03 Å². The van der Waals surface area contributed by atoms with E-state index in [4.69, 9.17) is 5.73 Å².